The lowest BCUT2D eigenvalue weighted by Crippen LogP contribution is -1.95. The molecule has 98 valence electrons. The normalized spacial score (nSPS) is 10.6. The number of rotatable bonds is 3. The third-order valence-corrected chi connectivity index (χ3v) is 3.28. The Hall–Kier alpha value is -2.68. The van der Waals surface area contributed by atoms with Gasteiger partial charge < -0.3 is 5.11 Å². The number of carboxylic acids is 1. The van der Waals surface area contributed by atoms with Crippen LogP contribution in [0.4, 0.5) is 0 Å². The van der Waals surface area contributed by atoms with E-state index in [4.69, 9.17) is 5.11 Å². The molecule has 20 heavy (non-hydrogen) atoms. The fraction of sp³-hybridized carbons (Fsp3) is 0.0588. The van der Waals surface area contributed by atoms with Crippen molar-refractivity contribution in [3.63, 3.8) is 0 Å². The summed E-state index contributed by atoms with van der Waals surface area (Å²) in [6.07, 6.45) is 4.39. The molecular formula is C17H13NO2. The summed E-state index contributed by atoms with van der Waals surface area (Å²) in [4.78, 5) is 15.1. The number of nitrogens with zero attached hydrogens (tertiary/aromatic N) is 1. The number of aromatic nitrogens is 1. The van der Waals surface area contributed by atoms with Crippen LogP contribution < -0.4 is 0 Å². The van der Waals surface area contributed by atoms with Gasteiger partial charge in [0.05, 0.1) is 5.56 Å². The molecule has 1 aromatic heterocycles. The van der Waals surface area contributed by atoms with E-state index in [1.807, 2.05) is 36.5 Å². The summed E-state index contributed by atoms with van der Waals surface area (Å²) < 4.78 is 0. The molecule has 0 saturated carbocycles. The minimum Gasteiger partial charge on any atom is -0.478 e. The van der Waals surface area contributed by atoms with Gasteiger partial charge in [-0.1, -0.05) is 30.3 Å². The maximum atomic E-state index is 11.0. The fourth-order valence-electron chi connectivity index (χ4n) is 2.28. The zero-order chi connectivity index (χ0) is 13.9. The lowest BCUT2D eigenvalue weighted by atomic mass is 10.0. The van der Waals surface area contributed by atoms with E-state index in [1.165, 1.54) is 0 Å². The monoisotopic (exact) mass is 263 g/mol. The molecule has 0 fully saturated rings. The van der Waals surface area contributed by atoms with Crippen LogP contribution in [0.5, 0.6) is 0 Å². The minimum atomic E-state index is -0.899. The van der Waals surface area contributed by atoms with Gasteiger partial charge in [0.1, 0.15) is 0 Å². The van der Waals surface area contributed by atoms with E-state index in [0.717, 1.165) is 28.3 Å². The molecule has 0 aliphatic rings. The molecule has 3 nitrogen and oxygen atoms in total. The van der Waals surface area contributed by atoms with E-state index >= 15 is 0 Å². The molecule has 3 aromatic rings. The Morgan fingerprint density at radius 1 is 1.00 bits per heavy atom. The smallest absolute Gasteiger partial charge is 0.335 e. The summed E-state index contributed by atoms with van der Waals surface area (Å²) in [6.45, 7) is 0. The largest absolute Gasteiger partial charge is 0.478 e. The maximum Gasteiger partial charge on any atom is 0.335 e. The van der Waals surface area contributed by atoms with Crippen LogP contribution in [0.25, 0.3) is 10.8 Å². The highest BCUT2D eigenvalue weighted by atomic mass is 16.4. The molecule has 0 bridgehead atoms. The molecule has 0 amide bonds. The van der Waals surface area contributed by atoms with Gasteiger partial charge in [0.15, 0.2) is 0 Å². The summed E-state index contributed by atoms with van der Waals surface area (Å²) in [5.74, 6) is -0.899. The molecule has 0 saturated heterocycles. The van der Waals surface area contributed by atoms with Crippen molar-refractivity contribution in [3.05, 3.63) is 77.6 Å². The van der Waals surface area contributed by atoms with Crippen molar-refractivity contribution >= 4 is 16.7 Å². The van der Waals surface area contributed by atoms with Crippen LogP contribution >= 0.6 is 0 Å². The molecular weight excluding hydrogens is 250 g/mol. The van der Waals surface area contributed by atoms with E-state index in [2.05, 4.69) is 11.1 Å². The van der Waals surface area contributed by atoms with Gasteiger partial charge in [-0.25, -0.2) is 4.79 Å². The number of benzene rings is 2. The van der Waals surface area contributed by atoms with Gasteiger partial charge in [-0.05, 0) is 46.5 Å². The van der Waals surface area contributed by atoms with Gasteiger partial charge in [0.2, 0.25) is 0 Å². The van der Waals surface area contributed by atoms with E-state index < -0.39 is 5.97 Å². The van der Waals surface area contributed by atoms with Gasteiger partial charge >= 0.3 is 5.97 Å². The molecule has 3 rings (SSSR count). The molecule has 1 heterocycles. The quantitative estimate of drug-likeness (QED) is 0.786. The summed E-state index contributed by atoms with van der Waals surface area (Å²) >= 11 is 0. The molecule has 2 aromatic carbocycles. The Morgan fingerprint density at radius 2 is 1.85 bits per heavy atom. The zero-order valence-corrected chi connectivity index (χ0v) is 10.8. The van der Waals surface area contributed by atoms with Gasteiger partial charge in [-0.3, -0.25) is 4.98 Å². The van der Waals surface area contributed by atoms with Crippen molar-refractivity contribution in [2.45, 2.75) is 6.42 Å². The van der Waals surface area contributed by atoms with Gasteiger partial charge in [-0.15, -0.1) is 0 Å². The van der Waals surface area contributed by atoms with Crippen molar-refractivity contribution in [2.75, 3.05) is 0 Å². The highest BCUT2D eigenvalue weighted by Gasteiger charge is 2.04. The molecule has 3 heteroatoms. The Kier molecular flexibility index (Phi) is 3.17. The number of pyridine rings is 1. The Bertz CT molecular complexity index is 766. The molecule has 0 aliphatic heterocycles. The van der Waals surface area contributed by atoms with Crippen molar-refractivity contribution < 1.29 is 9.90 Å². The number of hydrogen-bond acceptors (Lipinski definition) is 2. The summed E-state index contributed by atoms with van der Waals surface area (Å²) in [5.41, 5.74) is 2.60. The highest BCUT2D eigenvalue weighted by Crippen LogP contribution is 2.19. The molecule has 0 spiro atoms. The van der Waals surface area contributed by atoms with Crippen molar-refractivity contribution in [2.24, 2.45) is 0 Å². The van der Waals surface area contributed by atoms with Crippen LogP contribution in [-0.4, -0.2) is 16.1 Å². The summed E-state index contributed by atoms with van der Waals surface area (Å²) in [6, 6.07) is 15.3. The maximum absolute atomic E-state index is 11.0. The number of carboxylic acid groups (broad SMARTS) is 1. The Labute approximate surface area is 116 Å². The van der Waals surface area contributed by atoms with Gasteiger partial charge in [0, 0.05) is 12.4 Å². The van der Waals surface area contributed by atoms with Crippen LogP contribution in [0.2, 0.25) is 0 Å². The number of carbonyl (C=O) groups is 1. The first-order chi connectivity index (χ1) is 9.72. The van der Waals surface area contributed by atoms with Crippen LogP contribution in [0.1, 0.15) is 21.5 Å². The third-order valence-electron chi connectivity index (χ3n) is 3.28. The highest BCUT2D eigenvalue weighted by molar-refractivity contribution is 5.94. The van der Waals surface area contributed by atoms with Crippen LogP contribution in [0, 0.1) is 0 Å². The predicted octanol–water partition coefficient (Wildman–Crippen LogP) is 3.52. The zero-order valence-electron chi connectivity index (χ0n) is 10.8. The van der Waals surface area contributed by atoms with Gasteiger partial charge in [0.25, 0.3) is 0 Å². The molecule has 0 radical (unpaired) electrons. The van der Waals surface area contributed by atoms with Crippen molar-refractivity contribution in [3.8, 4) is 0 Å². The standard InChI is InChI=1S/C17H13NO2/c19-17(20)15-6-5-14-4-3-12(9-16(14)10-15)8-13-2-1-7-18-11-13/h1-7,9-11H,8H2,(H,19,20). The number of aromatic carboxylic acids is 1. The van der Waals surface area contributed by atoms with Crippen LogP contribution in [0.3, 0.4) is 0 Å². The minimum absolute atomic E-state index is 0.316. The first-order valence-electron chi connectivity index (χ1n) is 6.37. The van der Waals surface area contributed by atoms with Crippen LogP contribution in [-0.2, 0) is 6.42 Å². The second-order valence-corrected chi connectivity index (χ2v) is 4.74. The Balaban J connectivity index is 1.99. The van der Waals surface area contributed by atoms with E-state index in [1.54, 1.807) is 18.3 Å². The SMILES string of the molecule is O=C(O)c1ccc2ccc(Cc3cccnc3)cc2c1. The second kappa shape index (κ2) is 5.13. The number of fused-ring (bicyclic) bond motifs is 1. The predicted molar refractivity (Wildman–Crippen MR) is 78.0 cm³/mol. The lowest BCUT2D eigenvalue weighted by molar-refractivity contribution is 0.0697. The van der Waals surface area contributed by atoms with Gasteiger partial charge in [-0.2, -0.15) is 0 Å². The molecule has 0 aliphatic carbocycles. The van der Waals surface area contributed by atoms with E-state index in [9.17, 15) is 4.79 Å². The second-order valence-electron chi connectivity index (χ2n) is 4.74. The first kappa shape index (κ1) is 12.4. The average Bonchev–Trinajstić information content (AvgIpc) is 2.47. The summed E-state index contributed by atoms with van der Waals surface area (Å²) in [5, 5.41) is 11.0. The van der Waals surface area contributed by atoms with E-state index in [-0.39, 0.29) is 0 Å². The third kappa shape index (κ3) is 2.52. The van der Waals surface area contributed by atoms with Crippen molar-refractivity contribution in [1.29, 1.82) is 0 Å². The number of hydrogen-bond donors (Lipinski definition) is 1. The fourth-order valence-corrected chi connectivity index (χ4v) is 2.28. The summed E-state index contributed by atoms with van der Waals surface area (Å²) in [7, 11) is 0. The topological polar surface area (TPSA) is 50.2 Å². The molecule has 0 unspecified atom stereocenters. The average molecular weight is 263 g/mol. The molecule has 0 atom stereocenters. The van der Waals surface area contributed by atoms with Crippen LogP contribution in [0.15, 0.2) is 60.9 Å². The van der Waals surface area contributed by atoms with E-state index in [0.29, 0.717) is 5.56 Å². The lowest BCUT2D eigenvalue weighted by Gasteiger charge is -2.05. The van der Waals surface area contributed by atoms with Crippen molar-refractivity contribution in [1.82, 2.24) is 4.98 Å². The first-order valence-corrected chi connectivity index (χ1v) is 6.37. The Morgan fingerprint density at radius 3 is 2.60 bits per heavy atom. The molecule has 1 N–H and O–H groups in total.